The van der Waals surface area contributed by atoms with Gasteiger partial charge in [0.2, 0.25) is 0 Å². The zero-order valence-corrected chi connectivity index (χ0v) is 19.1. The lowest BCUT2D eigenvalue weighted by Crippen LogP contribution is -2.38. The van der Waals surface area contributed by atoms with E-state index in [0.29, 0.717) is 18.8 Å². The number of methoxy groups -OCH3 is 1. The van der Waals surface area contributed by atoms with Crippen LogP contribution in [-0.2, 0) is 0 Å². The summed E-state index contributed by atoms with van der Waals surface area (Å²) in [5.74, 6) is 0.715. The maximum atomic E-state index is 12.6. The van der Waals surface area contributed by atoms with Crippen molar-refractivity contribution in [1.29, 1.82) is 0 Å². The van der Waals surface area contributed by atoms with Crippen LogP contribution in [0.5, 0.6) is 5.75 Å². The first-order chi connectivity index (χ1) is 10.5. The third kappa shape index (κ3) is 7.11. The Bertz CT molecular complexity index is 466. The van der Waals surface area contributed by atoms with Gasteiger partial charge in [0, 0.05) is 33.4 Å². The Morgan fingerprint density at radius 1 is 1.18 bits per heavy atom. The molecule has 2 atom stereocenters. The fraction of sp³-hybridized carbons (Fsp3) is 0.500. The number of benzene rings is 1. The van der Waals surface area contributed by atoms with Gasteiger partial charge in [0.25, 0.3) is 5.24 Å². The minimum atomic E-state index is 0.0142. The topological polar surface area (TPSA) is 29.5 Å². The molecule has 2 unspecified atom stereocenters. The van der Waals surface area contributed by atoms with Crippen molar-refractivity contribution in [3.8, 4) is 5.75 Å². The molecule has 22 heavy (non-hydrogen) atoms. The van der Waals surface area contributed by atoms with Crippen LogP contribution < -0.4 is 4.74 Å². The minimum absolute atomic E-state index is 0.0142. The van der Waals surface area contributed by atoms with Gasteiger partial charge < -0.3 is 9.64 Å². The van der Waals surface area contributed by atoms with Crippen molar-refractivity contribution in [2.24, 2.45) is 0 Å². The summed E-state index contributed by atoms with van der Waals surface area (Å²) in [6, 6.07) is 7.55. The van der Waals surface area contributed by atoms with Crippen LogP contribution in [0.4, 0.5) is 4.79 Å². The van der Waals surface area contributed by atoms with E-state index in [1.165, 1.54) is 11.8 Å². The summed E-state index contributed by atoms with van der Waals surface area (Å²) < 4.78 is 5.31. The van der Waals surface area contributed by atoms with E-state index in [1.54, 1.807) is 7.11 Å². The quantitative estimate of drug-likeness (QED) is 0.298. The summed E-state index contributed by atoms with van der Waals surface area (Å²) in [6.45, 7) is 1.28. The monoisotopic (exact) mass is 579 g/mol. The number of para-hydroxylation sites is 1. The van der Waals surface area contributed by atoms with E-state index in [4.69, 9.17) is 4.74 Å². The second kappa shape index (κ2) is 11.3. The average molecular weight is 583 g/mol. The van der Waals surface area contributed by atoms with Crippen molar-refractivity contribution in [1.82, 2.24) is 4.90 Å². The molecule has 1 aromatic carbocycles. The smallest absolute Gasteiger partial charge is 0.286 e. The van der Waals surface area contributed by atoms with Crippen LogP contribution in [0.25, 0.3) is 0 Å². The van der Waals surface area contributed by atoms with Crippen LogP contribution >= 0.6 is 75.5 Å². The molecular weight excluding hydrogens is 566 g/mol. The average Bonchev–Trinajstić information content (AvgIpc) is 2.54. The molecule has 0 heterocycles. The third-order valence-corrected chi connectivity index (χ3v) is 8.21. The summed E-state index contributed by atoms with van der Waals surface area (Å²) >= 11 is 15.2. The Labute approximate surface area is 169 Å². The highest BCUT2D eigenvalue weighted by Gasteiger charge is 2.21. The van der Waals surface area contributed by atoms with Crippen LogP contribution in [0.15, 0.2) is 29.2 Å². The molecule has 0 bridgehead atoms. The molecule has 1 rings (SSSR count). The third-order valence-electron chi connectivity index (χ3n) is 2.70. The predicted molar refractivity (Wildman–Crippen MR) is 109 cm³/mol. The highest BCUT2D eigenvalue weighted by Crippen LogP contribution is 2.31. The number of ether oxygens (including phenoxy) is 1. The van der Waals surface area contributed by atoms with Gasteiger partial charge in [0.05, 0.1) is 12.0 Å². The molecule has 0 spiro atoms. The SMILES string of the molecule is COc1ccccc1SC(=O)N(CC(Br)CBr)CC(Br)CBr. The Kier molecular flexibility index (Phi) is 10.7. The number of rotatable bonds is 8. The van der Waals surface area contributed by atoms with Crippen LogP contribution in [0.3, 0.4) is 0 Å². The molecule has 1 aromatic rings. The van der Waals surface area contributed by atoms with Gasteiger partial charge in [-0.15, -0.1) is 0 Å². The predicted octanol–water partition coefficient (Wildman–Crippen LogP) is 5.53. The fourth-order valence-electron chi connectivity index (χ4n) is 1.66. The van der Waals surface area contributed by atoms with Crippen molar-refractivity contribution >= 4 is 80.7 Å². The summed E-state index contributed by atoms with van der Waals surface area (Å²) in [5.41, 5.74) is 0. The van der Waals surface area contributed by atoms with Gasteiger partial charge in [0.15, 0.2) is 0 Å². The molecule has 3 nitrogen and oxygen atoms in total. The fourth-order valence-corrected chi connectivity index (χ4v) is 3.63. The number of carbonyl (C=O) groups excluding carboxylic acids is 1. The standard InChI is InChI=1S/C14H17Br4NO2S/c1-21-12-4-2-3-5-13(12)22-14(20)19(8-10(17)6-15)9-11(18)7-16/h2-5,10-11H,6-9H2,1H3. The first-order valence-electron chi connectivity index (χ1n) is 6.51. The van der Waals surface area contributed by atoms with E-state index in [2.05, 4.69) is 63.7 Å². The molecular formula is C14H17Br4NO2S. The molecule has 1 amide bonds. The van der Waals surface area contributed by atoms with Crippen LogP contribution in [-0.4, -0.2) is 50.7 Å². The van der Waals surface area contributed by atoms with Gasteiger partial charge in [-0.05, 0) is 23.9 Å². The molecule has 124 valence electrons. The number of halogens is 4. The van der Waals surface area contributed by atoms with Crippen LogP contribution in [0.1, 0.15) is 0 Å². The van der Waals surface area contributed by atoms with E-state index in [-0.39, 0.29) is 14.9 Å². The van der Waals surface area contributed by atoms with E-state index in [1.807, 2.05) is 29.2 Å². The number of hydrogen-bond donors (Lipinski definition) is 0. The molecule has 0 aliphatic heterocycles. The number of amides is 1. The first kappa shape index (κ1) is 20.8. The molecule has 0 radical (unpaired) electrons. The Hall–Kier alpha value is 0.760. The minimum Gasteiger partial charge on any atom is -0.496 e. The van der Waals surface area contributed by atoms with E-state index < -0.39 is 0 Å². The van der Waals surface area contributed by atoms with Crippen molar-refractivity contribution in [3.05, 3.63) is 24.3 Å². The molecule has 0 aliphatic carbocycles. The summed E-state index contributed by atoms with van der Waals surface area (Å²) in [4.78, 5) is 15.7. The van der Waals surface area contributed by atoms with Crippen LogP contribution in [0, 0.1) is 0 Å². The number of hydrogen-bond acceptors (Lipinski definition) is 3. The molecule has 8 heteroatoms. The number of nitrogens with zero attached hydrogens (tertiary/aromatic N) is 1. The molecule has 0 aliphatic rings. The second-order valence-corrected chi connectivity index (χ2v) is 9.31. The molecule has 0 aromatic heterocycles. The van der Waals surface area contributed by atoms with Crippen LogP contribution in [0.2, 0.25) is 0 Å². The summed E-state index contributed by atoms with van der Waals surface area (Å²) in [7, 11) is 1.61. The van der Waals surface area contributed by atoms with Gasteiger partial charge in [-0.25, -0.2) is 0 Å². The van der Waals surface area contributed by atoms with E-state index >= 15 is 0 Å². The van der Waals surface area contributed by atoms with Crippen molar-refractivity contribution in [3.63, 3.8) is 0 Å². The lowest BCUT2D eigenvalue weighted by molar-refractivity contribution is 0.225. The molecule has 0 saturated carbocycles. The summed E-state index contributed by atoms with van der Waals surface area (Å²) in [6.07, 6.45) is 0. The Morgan fingerprint density at radius 2 is 1.73 bits per heavy atom. The normalized spacial score (nSPS) is 13.5. The number of carbonyl (C=O) groups is 1. The zero-order chi connectivity index (χ0) is 16.5. The first-order valence-corrected chi connectivity index (χ1v) is 11.4. The Morgan fingerprint density at radius 3 is 2.23 bits per heavy atom. The molecule has 0 N–H and O–H groups in total. The van der Waals surface area contributed by atoms with E-state index in [9.17, 15) is 4.79 Å². The Balaban J connectivity index is 2.81. The van der Waals surface area contributed by atoms with Crippen molar-refractivity contribution < 1.29 is 9.53 Å². The van der Waals surface area contributed by atoms with Crippen molar-refractivity contribution in [2.75, 3.05) is 30.9 Å². The van der Waals surface area contributed by atoms with E-state index in [0.717, 1.165) is 15.6 Å². The number of thioether (sulfide) groups is 1. The van der Waals surface area contributed by atoms with Gasteiger partial charge >= 0.3 is 0 Å². The maximum absolute atomic E-state index is 12.6. The lowest BCUT2D eigenvalue weighted by Gasteiger charge is -2.26. The summed E-state index contributed by atoms with van der Waals surface area (Å²) in [5, 5.41) is 1.59. The van der Waals surface area contributed by atoms with Gasteiger partial charge in [-0.2, -0.15) is 0 Å². The lowest BCUT2D eigenvalue weighted by atomic mass is 10.3. The number of alkyl halides is 4. The zero-order valence-electron chi connectivity index (χ0n) is 12.0. The second-order valence-electron chi connectivity index (χ2n) is 4.43. The van der Waals surface area contributed by atoms with Crippen molar-refractivity contribution in [2.45, 2.75) is 14.5 Å². The highest BCUT2D eigenvalue weighted by molar-refractivity contribution is 9.12. The molecule has 0 fully saturated rings. The van der Waals surface area contributed by atoms with Gasteiger partial charge in [-0.1, -0.05) is 75.9 Å². The largest absolute Gasteiger partial charge is 0.496 e. The molecule has 0 saturated heterocycles. The van der Waals surface area contributed by atoms with Gasteiger partial charge in [-0.3, -0.25) is 4.79 Å². The highest BCUT2D eigenvalue weighted by atomic mass is 79.9. The van der Waals surface area contributed by atoms with Gasteiger partial charge in [0.1, 0.15) is 5.75 Å². The maximum Gasteiger partial charge on any atom is 0.286 e.